The second-order valence-corrected chi connectivity index (χ2v) is 13.5. The van der Waals surface area contributed by atoms with Crippen LogP contribution in [0.1, 0.15) is 32.6 Å². The van der Waals surface area contributed by atoms with Crippen LogP contribution in [0.25, 0.3) is 0 Å². The number of alkyl halides is 1. The molecule has 40 heavy (non-hydrogen) atoms. The molecule has 0 saturated carbocycles. The molecule has 2 bridgehead atoms. The molecule has 2 aromatic rings. The molecule has 3 aliphatic rings. The van der Waals surface area contributed by atoms with Crippen molar-refractivity contribution in [2.75, 3.05) is 30.4 Å². The van der Waals surface area contributed by atoms with Gasteiger partial charge in [-0.3, -0.25) is 14.4 Å². The molecular weight excluding hydrogens is 618 g/mol. The number of carbonyl (C=O) groups excluding carboxylic acids is 3. The molecule has 5 rings (SSSR count). The molecule has 3 saturated heterocycles. The molecule has 8 nitrogen and oxygen atoms in total. The van der Waals surface area contributed by atoms with Crippen LogP contribution in [0.5, 0.6) is 5.75 Å². The number of aliphatic hydroxyl groups is 1. The van der Waals surface area contributed by atoms with Crippen molar-refractivity contribution in [1.29, 1.82) is 0 Å². The predicted molar refractivity (Wildman–Crippen MR) is 161 cm³/mol. The van der Waals surface area contributed by atoms with Crippen molar-refractivity contribution in [3.8, 4) is 5.75 Å². The summed E-state index contributed by atoms with van der Waals surface area (Å²) in [6.07, 6.45) is 2.61. The van der Waals surface area contributed by atoms with Crippen molar-refractivity contribution in [2.24, 2.45) is 11.8 Å². The number of hydrogen-bond acceptors (Lipinski definition) is 6. The summed E-state index contributed by atoms with van der Waals surface area (Å²) >= 11 is 11.7. The highest BCUT2D eigenvalue weighted by molar-refractivity contribution is 9.09. The summed E-state index contributed by atoms with van der Waals surface area (Å²) in [5.74, 6) is -1.20. The minimum atomic E-state index is -0.756. The van der Waals surface area contributed by atoms with E-state index in [-0.39, 0.29) is 34.4 Å². The number of unbranched alkanes of at least 4 members (excludes halogenated alkanes) is 2. The number of benzene rings is 2. The average molecular weight is 651 g/mol. The van der Waals surface area contributed by atoms with E-state index < -0.39 is 22.6 Å². The van der Waals surface area contributed by atoms with Gasteiger partial charge in [-0.1, -0.05) is 39.7 Å². The molecule has 0 aliphatic carbocycles. The van der Waals surface area contributed by atoms with Crippen LogP contribution in [0.3, 0.4) is 0 Å². The van der Waals surface area contributed by atoms with E-state index in [2.05, 4.69) is 26.6 Å². The van der Waals surface area contributed by atoms with Crippen LogP contribution in [0.4, 0.5) is 11.4 Å². The first-order chi connectivity index (χ1) is 19.3. The molecule has 3 heterocycles. The molecular formula is C29H33BrClN3O5S. The van der Waals surface area contributed by atoms with Crippen LogP contribution in [-0.2, 0) is 14.4 Å². The molecule has 1 spiro atoms. The molecule has 3 aliphatic heterocycles. The molecule has 3 fully saturated rings. The van der Waals surface area contributed by atoms with Gasteiger partial charge in [-0.2, -0.15) is 0 Å². The summed E-state index contributed by atoms with van der Waals surface area (Å²) in [7, 11) is 0. The molecule has 0 radical (unpaired) electrons. The Bertz CT molecular complexity index is 1270. The Balaban J connectivity index is 1.44. The van der Waals surface area contributed by atoms with Crippen LogP contribution in [-0.4, -0.2) is 68.4 Å². The second-order valence-electron chi connectivity index (χ2n) is 10.4. The number of amides is 3. The molecule has 214 valence electrons. The fourth-order valence-electron chi connectivity index (χ4n) is 6.33. The molecule has 0 aromatic heterocycles. The van der Waals surface area contributed by atoms with E-state index in [1.54, 1.807) is 65.2 Å². The number of hydrogen-bond donors (Lipinski definition) is 3. The van der Waals surface area contributed by atoms with Gasteiger partial charge in [0.05, 0.1) is 33.9 Å². The minimum absolute atomic E-state index is 0.0254. The second kappa shape index (κ2) is 12.3. The number of nitrogens with one attached hydrogen (secondary N) is 2. The number of ether oxygens (including phenoxy) is 1. The first kappa shape index (κ1) is 29.2. The third-order valence-electron chi connectivity index (χ3n) is 7.96. The molecule has 3 amide bonds. The highest BCUT2D eigenvalue weighted by Crippen LogP contribution is 2.67. The topological polar surface area (TPSA) is 108 Å². The first-order valence-corrected chi connectivity index (χ1v) is 15.8. The Morgan fingerprint density at radius 3 is 2.58 bits per heavy atom. The van der Waals surface area contributed by atoms with E-state index in [0.29, 0.717) is 54.6 Å². The zero-order valence-electron chi connectivity index (χ0n) is 22.1. The van der Waals surface area contributed by atoms with Crippen molar-refractivity contribution in [3.05, 3.63) is 53.6 Å². The number of likely N-dealkylation sites (tertiary alicyclic amines) is 1. The van der Waals surface area contributed by atoms with E-state index in [9.17, 15) is 19.5 Å². The van der Waals surface area contributed by atoms with Crippen LogP contribution < -0.4 is 15.4 Å². The summed E-state index contributed by atoms with van der Waals surface area (Å²) in [5.41, 5.74) is 1.11. The average Bonchev–Trinajstić information content (AvgIpc) is 3.52. The lowest BCUT2D eigenvalue weighted by Crippen LogP contribution is -2.52. The molecule has 2 aromatic carbocycles. The van der Waals surface area contributed by atoms with Gasteiger partial charge >= 0.3 is 0 Å². The van der Waals surface area contributed by atoms with Gasteiger partial charge in [-0.05, 0) is 69.0 Å². The van der Waals surface area contributed by atoms with E-state index in [0.717, 1.165) is 6.42 Å². The lowest BCUT2D eigenvalue weighted by molar-refractivity contribution is -0.138. The maximum absolute atomic E-state index is 14.1. The van der Waals surface area contributed by atoms with Crippen LogP contribution in [0.15, 0.2) is 48.5 Å². The smallest absolute Gasteiger partial charge is 0.248 e. The van der Waals surface area contributed by atoms with Gasteiger partial charge in [0.2, 0.25) is 17.7 Å². The SMILES string of the molecule is CCOc1ccc(NC(=O)[C@H]2[C@H]3C(=O)N(CCCCCO)C(C(=O)Nc4ccccc4Cl)C34CC(Br)[C@@H]2S4)cc1. The van der Waals surface area contributed by atoms with Crippen molar-refractivity contribution in [1.82, 2.24) is 4.90 Å². The lowest BCUT2D eigenvalue weighted by atomic mass is 9.70. The standard InChI is InChI=1S/C29H33BrClN3O5S/c1-2-39-18-12-10-17(11-13-18)32-26(36)22-23-28(38)34(14-6-3-7-15-35)25(29(23)16-19(30)24(22)40-29)27(37)33-21-9-5-4-8-20(21)31/h4-5,8-13,19,22-25,35H,2-3,6-7,14-16H2,1H3,(H,32,36)(H,33,37)/t19?,22-,23-,24-,25?,29?/m0/s1. The zero-order valence-corrected chi connectivity index (χ0v) is 25.3. The van der Waals surface area contributed by atoms with Crippen molar-refractivity contribution in [3.63, 3.8) is 0 Å². The van der Waals surface area contributed by atoms with Crippen molar-refractivity contribution < 1.29 is 24.2 Å². The fourth-order valence-corrected chi connectivity index (χ4v) is 10.1. The largest absolute Gasteiger partial charge is 0.494 e. The normalized spacial score (nSPS) is 28.4. The Labute approximate surface area is 251 Å². The Morgan fingerprint density at radius 2 is 1.88 bits per heavy atom. The number of thioether (sulfide) groups is 1. The summed E-state index contributed by atoms with van der Waals surface area (Å²) in [6.45, 7) is 2.91. The number of carbonyl (C=O) groups is 3. The van der Waals surface area contributed by atoms with Crippen molar-refractivity contribution in [2.45, 2.75) is 53.5 Å². The van der Waals surface area contributed by atoms with E-state index in [4.69, 9.17) is 16.3 Å². The van der Waals surface area contributed by atoms with E-state index >= 15 is 0 Å². The number of fused-ring (bicyclic) bond motifs is 1. The van der Waals surface area contributed by atoms with Crippen LogP contribution in [0.2, 0.25) is 5.02 Å². The maximum Gasteiger partial charge on any atom is 0.248 e. The summed E-state index contributed by atoms with van der Waals surface area (Å²) in [5, 5.41) is 15.5. The first-order valence-electron chi connectivity index (χ1n) is 13.6. The van der Waals surface area contributed by atoms with Gasteiger partial charge < -0.3 is 25.4 Å². The molecule has 3 N–H and O–H groups in total. The number of rotatable bonds is 11. The minimum Gasteiger partial charge on any atom is -0.494 e. The van der Waals surface area contributed by atoms with Gasteiger partial charge in [-0.15, -0.1) is 11.8 Å². The van der Waals surface area contributed by atoms with Crippen molar-refractivity contribution >= 4 is 68.4 Å². The van der Waals surface area contributed by atoms with Crippen LogP contribution in [0, 0.1) is 11.8 Å². The summed E-state index contributed by atoms with van der Waals surface area (Å²) in [4.78, 5) is 43.5. The lowest BCUT2D eigenvalue weighted by Gasteiger charge is -2.35. The van der Waals surface area contributed by atoms with Gasteiger partial charge in [0, 0.05) is 28.9 Å². The molecule has 11 heteroatoms. The number of aliphatic hydroxyl groups excluding tert-OH is 1. The Kier molecular flexibility index (Phi) is 8.99. The van der Waals surface area contributed by atoms with E-state index in [1.165, 1.54) is 0 Å². The number of para-hydroxylation sites is 1. The number of nitrogens with zero attached hydrogens (tertiary/aromatic N) is 1. The Hall–Kier alpha value is -2.27. The third kappa shape index (κ3) is 5.35. The highest BCUT2D eigenvalue weighted by atomic mass is 79.9. The van der Waals surface area contributed by atoms with Gasteiger partial charge in [0.15, 0.2) is 0 Å². The molecule has 6 atom stereocenters. The van der Waals surface area contributed by atoms with Gasteiger partial charge in [0.1, 0.15) is 11.8 Å². The predicted octanol–water partition coefficient (Wildman–Crippen LogP) is 4.94. The monoisotopic (exact) mass is 649 g/mol. The van der Waals surface area contributed by atoms with Gasteiger partial charge in [-0.25, -0.2) is 0 Å². The highest BCUT2D eigenvalue weighted by Gasteiger charge is 2.75. The zero-order chi connectivity index (χ0) is 28.4. The third-order valence-corrected chi connectivity index (χ3v) is 11.5. The summed E-state index contributed by atoms with van der Waals surface area (Å²) in [6, 6.07) is 13.4. The molecule has 3 unspecified atom stereocenters. The van der Waals surface area contributed by atoms with E-state index in [1.807, 2.05) is 6.92 Å². The quantitative estimate of drug-likeness (QED) is 0.235. The summed E-state index contributed by atoms with van der Waals surface area (Å²) < 4.78 is 4.75. The Morgan fingerprint density at radius 1 is 1.12 bits per heavy atom. The number of anilines is 2. The van der Waals surface area contributed by atoms with Crippen LogP contribution >= 0.6 is 39.3 Å². The maximum atomic E-state index is 14.1. The van der Waals surface area contributed by atoms with Gasteiger partial charge in [0.25, 0.3) is 0 Å². The number of halogens is 2. The fraction of sp³-hybridized carbons (Fsp3) is 0.483.